The fraction of sp³-hybridized carbons (Fsp3) is 0.259. The lowest BCUT2D eigenvalue weighted by Gasteiger charge is -2.23. The first-order valence-corrected chi connectivity index (χ1v) is 10.9. The predicted molar refractivity (Wildman–Crippen MR) is 122 cm³/mol. The molecule has 0 aliphatic carbocycles. The van der Waals surface area contributed by atoms with Crippen LogP contribution in [0.15, 0.2) is 91.0 Å². The Kier molecular flexibility index (Phi) is 7.31. The number of nitrogens with zero attached hydrogens (tertiary/aromatic N) is 1. The number of amides is 2. The maximum atomic E-state index is 13.3. The van der Waals surface area contributed by atoms with Crippen LogP contribution < -0.4 is 0 Å². The molecular weight excluding hydrogens is 402 g/mol. The van der Waals surface area contributed by atoms with Crippen LogP contribution in [0.25, 0.3) is 0 Å². The second-order valence-electron chi connectivity index (χ2n) is 7.91. The van der Waals surface area contributed by atoms with E-state index in [9.17, 15) is 9.59 Å². The minimum atomic E-state index is -0.573. The zero-order valence-electron chi connectivity index (χ0n) is 17.9. The van der Waals surface area contributed by atoms with Crippen LogP contribution in [0.4, 0.5) is 4.79 Å². The molecule has 1 fully saturated rings. The third-order valence-corrected chi connectivity index (χ3v) is 5.74. The quantitative estimate of drug-likeness (QED) is 0.422. The van der Waals surface area contributed by atoms with Gasteiger partial charge in [0, 0.05) is 13.0 Å². The third kappa shape index (κ3) is 5.42. The highest BCUT2D eigenvalue weighted by Crippen LogP contribution is 2.31. The SMILES string of the molecule is O=C(C[C@H](CCOCc1ccccc1)c1ccccc1)N1C(=O)OC[C@@H]1c1ccccc1. The number of benzene rings is 3. The molecule has 2 atom stereocenters. The molecular formula is C27H27NO4. The summed E-state index contributed by atoms with van der Waals surface area (Å²) in [7, 11) is 0. The molecule has 1 aliphatic heterocycles. The van der Waals surface area contributed by atoms with Crippen LogP contribution in [0, 0.1) is 0 Å². The number of cyclic esters (lactones) is 1. The van der Waals surface area contributed by atoms with Crippen molar-refractivity contribution < 1.29 is 19.1 Å². The number of carbonyl (C=O) groups excluding carboxylic acids is 2. The predicted octanol–water partition coefficient (Wildman–Crippen LogP) is 5.49. The van der Waals surface area contributed by atoms with Crippen molar-refractivity contribution in [1.82, 2.24) is 4.90 Å². The van der Waals surface area contributed by atoms with E-state index < -0.39 is 6.09 Å². The average molecular weight is 430 g/mol. The summed E-state index contributed by atoms with van der Waals surface area (Å²) < 4.78 is 11.1. The van der Waals surface area contributed by atoms with Crippen molar-refractivity contribution in [3.63, 3.8) is 0 Å². The fourth-order valence-electron chi connectivity index (χ4n) is 4.03. The largest absolute Gasteiger partial charge is 0.446 e. The van der Waals surface area contributed by atoms with Gasteiger partial charge in [-0.1, -0.05) is 91.0 Å². The topological polar surface area (TPSA) is 55.8 Å². The second kappa shape index (κ2) is 10.7. The number of carbonyl (C=O) groups is 2. The molecule has 0 radical (unpaired) electrons. The van der Waals surface area contributed by atoms with Crippen molar-refractivity contribution in [2.24, 2.45) is 0 Å². The van der Waals surface area contributed by atoms with E-state index in [2.05, 4.69) is 0 Å². The summed E-state index contributed by atoms with van der Waals surface area (Å²) in [6, 6.07) is 29.1. The Labute approximate surface area is 188 Å². The van der Waals surface area contributed by atoms with E-state index in [1.54, 1.807) is 0 Å². The minimum Gasteiger partial charge on any atom is -0.446 e. The number of hydrogen-bond donors (Lipinski definition) is 0. The first-order chi connectivity index (χ1) is 15.7. The van der Waals surface area contributed by atoms with Gasteiger partial charge in [0.15, 0.2) is 0 Å². The molecule has 0 saturated carbocycles. The molecule has 5 nitrogen and oxygen atoms in total. The molecule has 0 aromatic heterocycles. The van der Waals surface area contributed by atoms with Crippen molar-refractivity contribution in [2.75, 3.05) is 13.2 Å². The fourth-order valence-corrected chi connectivity index (χ4v) is 4.03. The van der Waals surface area contributed by atoms with E-state index in [0.717, 1.165) is 16.7 Å². The van der Waals surface area contributed by atoms with Gasteiger partial charge in [0.1, 0.15) is 12.6 Å². The Morgan fingerprint density at radius 2 is 1.56 bits per heavy atom. The van der Waals surface area contributed by atoms with Gasteiger partial charge in [0.05, 0.1) is 6.61 Å². The molecule has 1 aliphatic rings. The molecule has 1 saturated heterocycles. The Morgan fingerprint density at radius 1 is 0.938 bits per heavy atom. The molecule has 5 heteroatoms. The number of rotatable bonds is 9. The maximum absolute atomic E-state index is 13.3. The number of imide groups is 1. The summed E-state index contributed by atoms with van der Waals surface area (Å²) in [6.45, 7) is 1.24. The summed E-state index contributed by atoms with van der Waals surface area (Å²) in [4.78, 5) is 26.9. The average Bonchev–Trinajstić information content (AvgIpc) is 3.24. The molecule has 4 rings (SSSR count). The zero-order valence-corrected chi connectivity index (χ0v) is 17.9. The maximum Gasteiger partial charge on any atom is 0.417 e. The van der Waals surface area contributed by atoms with Gasteiger partial charge in [0.2, 0.25) is 5.91 Å². The van der Waals surface area contributed by atoms with Crippen LogP contribution in [0.2, 0.25) is 0 Å². The second-order valence-corrected chi connectivity index (χ2v) is 7.91. The van der Waals surface area contributed by atoms with E-state index in [0.29, 0.717) is 19.6 Å². The van der Waals surface area contributed by atoms with Gasteiger partial charge in [0.25, 0.3) is 0 Å². The monoisotopic (exact) mass is 429 g/mol. The molecule has 164 valence electrons. The first kappa shape index (κ1) is 21.8. The van der Waals surface area contributed by atoms with Crippen LogP contribution in [-0.2, 0) is 20.9 Å². The zero-order chi connectivity index (χ0) is 22.2. The first-order valence-electron chi connectivity index (χ1n) is 10.9. The Hall–Kier alpha value is -3.44. The normalized spacial score (nSPS) is 16.6. The Morgan fingerprint density at radius 3 is 2.25 bits per heavy atom. The molecule has 1 heterocycles. The smallest absolute Gasteiger partial charge is 0.417 e. The van der Waals surface area contributed by atoms with Crippen LogP contribution in [0.5, 0.6) is 0 Å². The van der Waals surface area contributed by atoms with Crippen LogP contribution in [-0.4, -0.2) is 30.1 Å². The van der Waals surface area contributed by atoms with Crippen molar-refractivity contribution in [2.45, 2.75) is 31.4 Å². The lowest BCUT2D eigenvalue weighted by molar-refractivity contribution is -0.129. The highest BCUT2D eigenvalue weighted by Gasteiger charge is 2.39. The van der Waals surface area contributed by atoms with E-state index in [4.69, 9.17) is 9.47 Å². The minimum absolute atomic E-state index is 0.0516. The summed E-state index contributed by atoms with van der Waals surface area (Å²) >= 11 is 0. The molecule has 2 amide bonds. The van der Waals surface area contributed by atoms with Crippen molar-refractivity contribution >= 4 is 12.0 Å². The van der Waals surface area contributed by atoms with Crippen molar-refractivity contribution in [1.29, 1.82) is 0 Å². The van der Waals surface area contributed by atoms with Gasteiger partial charge in [-0.15, -0.1) is 0 Å². The van der Waals surface area contributed by atoms with E-state index in [1.807, 2.05) is 91.0 Å². The summed E-state index contributed by atoms with van der Waals surface area (Å²) in [5.41, 5.74) is 3.08. The van der Waals surface area contributed by atoms with Gasteiger partial charge in [-0.05, 0) is 29.0 Å². The van der Waals surface area contributed by atoms with Gasteiger partial charge in [-0.25, -0.2) is 9.69 Å². The molecule has 0 bridgehead atoms. The van der Waals surface area contributed by atoms with Crippen LogP contribution >= 0.6 is 0 Å². The highest BCUT2D eigenvalue weighted by molar-refractivity contribution is 5.94. The van der Waals surface area contributed by atoms with E-state index >= 15 is 0 Å². The lowest BCUT2D eigenvalue weighted by atomic mass is 9.92. The van der Waals surface area contributed by atoms with Crippen molar-refractivity contribution in [3.8, 4) is 0 Å². The highest BCUT2D eigenvalue weighted by atomic mass is 16.6. The molecule has 3 aromatic rings. The standard InChI is InChI=1S/C27H27NO4/c29-26(28-25(20-32-27(28)30)23-14-8-3-9-15-23)18-24(22-12-6-2-7-13-22)16-17-31-19-21-10-4-1-5-11-21/h1-15,24-25H,16-20H2/t24-,25+/m0/s1. The third-order valence-electron chi connectivity index (χ3n) is 5.74. The lowest BCUT2D eigenvalue weighted by Crippen LogP contribution is -2.35. The van der Waals surface area contributed by atoms with Gasteiger partial charge in [-0.2, -0.15) is 0 Å². The number of ether oxygens (including phenoxy) is 2. The molecule has 0 unspecified atom stereocenters. The molecule has 0 spiro atoms. The Bertz CT molecular complexity index is 1010. The molecule has 3 aromatic carbocycles. The summed E-state index contributed by atoms with van der Waals surface area (Å²) in [5.74, 6) is -0.275. The van der Waals surface area contributed by atoms with Crippen molar-refractivity contribution in [3.05, 3.63) is 108 Å². The van der Waals surface area contributed by atoms with E-state index in [1.165, 1.54) is 4.90 Å². The molecule has 32 heavy (non-hydrogen) atoms. The number of hydrogen-bond acceptors (Lipinski definition) is 4. The Balaban J connectivity index is 1.43. The molecule has 0 N–H and O–H groups in total. The van der Waals surface area contributed by atoms with Gasteiger partial charge >= 0.3 is 6.09 Å². The van der Waals surface area contributed by atoms with E-state index in [-0.39, 0.29) is 30.9 Å². The summed E-state index contributed by atoms with van der Waals surface area (Å²) in [6.07, 6.45) is 0.328. The van der Waals surface area contributed by atoms with Crippen LogP contribution in [0.1, 0.15) is 41.5 Å². The van der Waals surface area contributed by atoms with Gasteiger partial charge < -0.3 is 9.47 Å². The summed E-state index contributed by atoms with van der Waals surface area (Å²) in [5, 5.41) is 0. The van der Waals surface area contributed by atoms with Crippen LogP contribution in [0.3, 0.4) is 0 Å². The van der Waals surface area contributed by atoms with Gasteiger partial charge in [-0.3, -0.25) is 4.79 Å².